The van der Waals surface area contributed by atoms with Crippen molar-refractivity contribution in [2.45, 2.75) is 20.0 Å². The molecule has 7 nitrogen and oxygen atoms in total. The van der Waals surface area contributed by atoms with E-state index in [1.54, 1.807) is 19.1 Å². The van der Waals surface area contributed by atoms with Gasteiger partial charge in [0.1, 0.15) is 11.9 Å². The Morgan fingerprint density at radius 1 is 1.40 bits per heavy atom. The van der Waals surface area contributed by atoms with Crippen LogP contribution in [0.2, 0.25) is 0 Å². The lowest BCUT2D eigenvalue weighted by Crippen LogP contribution is -2.23. The number of benzene rings is 1. The number of aromatic amines is 1. The zero-order chi connectivity index (χ0) is 18.4. The summed E-state index contributed by atoms with van der Waals surface area (Å²) in [6, 6.07) is 8.14. The van der Waals surface area contributed by atoms with E-state index in [1.165, 1.54) is 19.2 Å². The average Bonchev–Trinajstić information content (AvgIpc) is 2.56. The number of methoxy groups -OCH3 is 1. The molecule has 130 valence electrons. The molecule has 1 heterocycles. The molecule has 0 aliphatic carbocycles. The van der Waals surface area contributed by atoms with Crippen molar-refractivity contribution in [3.63, 3.8) is 0 Å². The Bertz CT molecular complexity index is 816. The van der Waals surface area contributed by atoms with Crippen molar-refractivity contribution in [2.75, 3.05) is 19.0 Å². The molecule has 1 aromatic heterocycles. The van der Waals surface area contributed by atoms with Gasteiger partial charge in [0.2, 0.25) is 0 Å². The second-order valence-electron chi connectivity index (χ2n) is 5.43. The first-order valence-corrected chi connectivity index (χ1v) is 7.58. The topological polar surface area (TPSA) is 102 Å². The van der Waals surface area contributed by atoms with Crippen LogP contribution in [0, 0.1) is 34.2 Å². The highest BCUT2D eigenvalue weighted by Gasteiger charge is 2.29. The molecule has 25 heavy (non-hydrogen) atoms. The van der Waals surface area contributed by atoms with Gasteiger partial charge < -0.3 is 4.74 Å². The van der Waals surface area contributed by atoms with E-state index in [4.69, 9.17) is 4.74 Å². The maximum atomic E-state index is 12.9. The molecular formula is C17H18FN4O3+. The highest BCUT2D eigenvalue weighted by molar-refractivity contribution is 5.60. The fourth-order valence-corrected chi connectivity index (χ4v) is 2.58. The third kappa shape index (κ3) is 4.28. The number of hydrogen-bond acceptors (Lipinski definition) is 5. The van der Waals surface area contributed by atoms with E-state index in [-0.39, 0.29) is 29.2 Å². The predicted molar refractivity (Wildman–Crippen MR) is 88.4 cm³/mol. The highest BCUT2D eigenvalue weighted by atomic mass is 19.1. The lowest BCUT2D eigenvalue weighted by atomic mass is 10.1. The summed E-state index contributed by atoms with van der Waals surface area (Å²) in [4.78, 5) is 13.6. The Kier molecular flexibility index (Phi) is 5.98. The maximum Gasteiger partial charge on any atom is 0.317 e. The van der Waals surface area contributed by atoms with Crippen LogP contribution < -0.4 is 10.3 Å². The number of pyridine rings is 1. The summed E-state index contributed by atoms with van der Waals surface area (Å²) in [6.07, 6.45) is 0.606. The number of nitriles is 1. The molecule has 2 N–H and O–H groups in total. The zero-order valence-electron chi connectivity index (χ0n) is 13.9. The smallest absolute Gasteiger partial charge is 0.317 e. The third-order valence-electron chi connectivity index (χ3n) is 3.72. The second kappa shape index (κ2) is 8.17. The van der Waals surface area contributed by atoms with Crippen LogP contribution in [0.5, 0.6) is 0 Å². The summed E-state index contributed by atoms with van der Waals surface area (Å²) in [6.45, 7) is 2.01. The van der Waals surface area contributed by atoms with Crippen LogP contribution in [0.4, 0.5) is 15.9 Å². The van der Waals surface area contributed by atoms with Gasteiger partial charge in [0, 0.05) is 20.5 Å². The van der Waals surface area contributed by atoms with Crippen LogP contribution in [0.1, 0.15) is 22.4 Å². The Labute approximate surface area is 144 Å². The number of halogens is 1. The van der Waals surface area contributed by atoms with Gasteiger partial charge in [-0.3, -0.25) is 15.4 Å². The fourth-order valence-electron chi connectivity index (χ4n) is 2.58. The number of aromatic nitrogens is 1. The summed E-state index contributed by atoms with van der Waals surface area (Å²) >= 11 is 0. The van der Waals surface area contributed by atoms with E-state index in [9.17, 15) is 19.8 Å². The fraction of sp³-hybridized carbons (Fsp3) is 0.294. The van der Waals surface area contributed by atoms with Gasteiger partial charge in [-0.05, 0) is 17.7 Å². The molecule has 0 amide bonds. The van der Waals surface area contributed by atoms with Crippen molar-refractivity contribution in [1.82, 2.24) is 0 Å². The van der Waals surface area contributed by atoms with E-state index in [2.05, 4.69) is 10.3 Å². The molecule has 2 aromatic rings. The third-order valence-corrected chi connectivity index (χ3v) is 3.72. The van der Waals surface area contributed by atoms with E-state index in [0.717, 1.165) is 5.56 Å². The molecule has 0 aliphatic rings. The minimum Gasteiger partial charge on any atom is -0.380 e. The molecule has 0 radical (unpaired) electrons. The van der Waals surface area contributed by atoms with E-state index >= 15 is 0 Å². The van der Waals surface area contributed by atoms with Gasteiger partial charge in [-0.1, -0.05) is 12.1 Å². The van der Waals surface area contributed by atoms with Crippen LogP contribution in [-0.4, -0.2) is 18.6 Å². The standard InChI is InChI=1S/C17H17FN4O3/c1-11-16(22(23)24)15(10-25-2)14(9-19)17(21-11)20-8-7-12-3-5-13(18)6-4-12/h3-6H,7-8,10H2,1-2H3,(H,20,21)/p+1. The Morgan fingerprint density at radius 2 is 2.08 bits per heavy atom. The molecule has 0 bridgehead atoms. The molecule has 0 saturated heterocycles. The molecule has 0 aliphatic heterocycles. The zero-order valence-corrected chi connectivity index (χ0v) is 13.9. The van der Waals surface area contributed by atoms with Gasteiger partial charge in [0.15, 0.2) is 11.3 Å². The molecule has 8 heteroatoms. The first-order valence-electron chi connectivity index (χ1n) is 7.58. The van der Waals surface area contributed by atoms with Crippen LogP contribution in [0.15, 0.2) is 24.3 Å². The molecule has 0 spiro atoms. The van der Waals surface area contributed by atoms with E-state index in [1.807, 2.05) is 6.07 Å². The number of anilines is 1. The number of nitro groups is 1. The van der Waals surface area contributed by atoms with Crippen LogP contribution in [-0.2, 0) is 17.8 Å². The van der Waals surface area contributed by atoms with E-state index in [0.29, 0.717) is 24.5 Å². The molecule has 2 rings (SSSR count). The summed E-state index contributed by atoms with van der Waals surface area (Å²) in [7, 11) is 1.42. The van der Waals surface area contributed by atoms with Crippen molar-refractivity contribution in [1.29, 1.82) is 5.26 Å². The van der Waals surface area contributed by atoms with Crippen LogP contribution in [0.25, 0.3) is 0 Å². The highest BCUT2D eigenvalue weighted by Crippen LogP contribution is 2.27. The largest absolute Gasteiger partial charge is 0.380 e. The van der Waals surface area contributed by atoms with Crippen LogP contribution in [0.3, 0.4) is 0 Å². The summed E-state index contributed by atoms with van der Waals surface area (Å²) < 4.78 is 17.9. The number of aryl methyl sites for hydroxylation is 1. The van der Waals surface area contributed by atoms with Gasteiger partial charge >= 0.3 is 5.69 Å². The van der Waals surface area contributed by atoms with Gasteiger partial charge in [-0.15, -0.1) is 0 Å². The Hall–Kier alpha value is -3.05. The first kappa shape index (κ1) is 18.3. The molecule has 0 saturated carbocycles. The van der Waals surface area contributed by atoms with Gasteiger partial charge in [-0.25, -0.2) is 9.37 Å². The normalized spacial score (nSPS) is 10.3. The SMILES string of the molecule is COCc1c(C#N)c(NCCc2ccc(F)cc2)[nH+]c(C)c1[N+](=O)[O-]. The molecule has 0 fully saturated rings. The molecule has 0 atom stereocenters. The number of ether oxygens (including phenoxy) is 1. The Morgan fingerprint density at radius 3 is 2.64 bits per heavy atom. The molecule has 0 unspecified atom stereocenters. The average molecular weight is 345 g/mol. The summed E-state index contributed by atoms with van der Waals surface area (Å²) in [5, 5.41) is 23.8. The van der Waals surface area contributed by atoms with Crippen molar-refractivity contribution >= 4 is 11.5 Å². The minimum absolute atomic E-state index is 0.0403. The maximum absolute atomic E-state index is 12.9. The quantitative estimate of drug-likeness (QED) is 0.613. The van der Waals surface area contributed by atoms with Gasteiger partial charge in [-0.2, -0.15) is 5.26 Å². The predicted octanol–water partition coefficient (Wildman–Crippen LogP) is 2.53. The number of rotatable bonds is 7. The van der Waals surface area contributed by atoms with Crippen molar-refractivity contribution in [2.24, 2.45) is 0 Å². The lowest BCUT2D eigenvalue weighted by molar-refractivity contribution is -0.420. The van der Waals surface area contributed by atoms with Gasteiger partial charge in [0.25, 0.3) is 5.82 Å². The second-order valence-corrected chi connectivity index (χ2v) is 5.43. The number of nitrogens with one attached hydrogen (secondary N) is 2. The van der Waals surface area contributed by atoms with Gasteiger partial charge in [0.05, 0.1) is 23.6 Å². The lowest BCUT2D eigenvalue weighted by Gasteiger charge is -2.08. The molecule has 1 aromatic carbocycles. The minimum atomic E-state index is -0.524. The number of nitrogens with zero attached hydrogens (tertiary/aromatic N) is 2. The Balaban J connectivity index is 2.26. The van der Waals surface area contributed by atoms with E-state index < -0.39 is 4.92 Å². The summed E-state index contributed by atoms with van der Waals surface area (Å²) in [5.74, 6) is 0.103. The number of hydrogen-bond donors (Lipinski definition) is 1. The summed E-state index contributed by atoms with van der Waals surface area (Å²) in [5.41, 5.74) is 1.50. The molecular weight excluding hydrogens is 327 g/mol. The van der Waals surface area contributed by atoms with Crippen molar-refractivity contribution < 1.29 is 19.0 Å². The van der Waals surface area contributed by atoms with Crippen LogP contribution >= 0.6 is 0 Å². The van der Waals surface area contributed by atoms with Crippen molar-refractivity contribution in [3.8, 4) is 6.07 Å². The number of H-pyrrole nitrogens is 1. The monoisotopic (exact) mass is 345 g/mol. The first-order chi connectivity index (χ1) is 12.0. The van der Waals surface area contributed by atoms with Crippen molar-refractivity contribution in [3.05, 3.63) is 62.6 Å².